The molecule has 0 aromatic heterocycles. The average molecular weight is 683 g/mol. The van der Waals surface area contributed by atoms with Crippen molar-refractivity contribution in [3.8, 4) is 11.5 Å². The number of nitrogens with zero attached hydrogens (tertiary/aromatic N) is 1. The zero-order valence-corrected chi connectivity index (χ0v) is 22.5. The first-order valence-electron chi connectivity index (χ1n) is 10.1. The predicted molar refractivity (Wildman–Crippen MR) is 147 cm³/mol. The molecule has 1 aliphatic rings. The molecule has 2 amide bonds. The summed E-state index contributed by atoms with van der Waals surface area (Å²) in [6.45, 7) is 0.844. The summed E-state index contributed by atoms with van der Waals surface area (Å²) >= 11 is 5.41. The molecule has 1 heterocycles. The normalized spacial score (nSPS) is 14.7. The number of hydrogen-bond donors (Lipinski definition) is 0. The van der Waals surface area contributed by atoms with Gasteiger partial charge in [0.1, 0.15) is 24.7 Å². The molecule has 0 radical (unpaired) electrons. The Balaban J connectivity index is 1.49. The fraction of sp³-hybridized carbons (Fsp3) is 0.120. The lowest BCUT2D eigenvalue weighted by Crippen LogP contribution is -2.32. The maximum Gasteiger partial charge on any atom is 0.293 e. The summed E-state index contributed by atoms with van der Waals surface area (Å²) in [6.07, 6.45) is 1.74. The Hall–Kier alpha value is -2.05. The van der Waals surface area contributed by atoms with E-state index >= 15 is 0 Å². The molecule has 5 nitrogen and oxygen atoms in total. The number of imide groups is 1. The molecule has 1 fully saturated rings. The first kappa shape index (κ1) is 24.1. The maximum absolute atomic E-state index is 12.9. The second kappa shape index (κ2) is 11.4. The Morgan fingerprint density at radius 2 is 1.61 bits per heavy atom. The number of halogens is 2. The molecule has 0 unspecified atom stereocenters. The van der Waals surface area contributed by atoms with Gasteiger partial charge >= 0.3 is 0 Å². The summed E-state index contributed by atoms with van der Waals surface area (Å²) < 4.78 is 13.7. The van der Waals surface area contributed by atoms with E-state index in [0.29, 0.717) is 23.0 Å². The van der Waals surface area contributed by atoms with Crippen LogP contribution < -0.4 is 9.47 Å². The summed E-state index contributed by atoms with van der Waals surface area (Å²) in [6, 6.07) is 23.2. The van der Waals surface area contributed by atoms with Crippen LogP contribution in [0.15, 0.2) is 77.7 Å². The number of carbonyl (C=O) groups excluding carboxylic acids is 2. The molecule has 4 rings (SSSR count). The van der Waals surface area contributed by atoms with Crippen molar-refractivity contribution >= 4 is 74.2 Å². The second-order valence-corrected chi connectivity index (χ2v) is 10.5. The minimum absolute atomic E-state index is 0.193. The number of benzene rings is 3. The highest BCUT2D eigenvalue weighted by atomic mass is 127. The third-order valence-electron chi connectivity index (χ3n) is 4.75. The first-order chi connectivity index (χ1) is 16.0. The number of carbonyl (C=O) groups is 2. The van der Waals surface area contributed by atoms with Crippen LogP contribution in [0, 0.1) is 7.14 Å². The minimum atomic E-state index is -0.315. The van der Waals surface area contributed by atoms with E-state index in [1.54, 1.807) is 6.08 Å². The van der Waals surface area contributed by atoms with Gasteiger partial charge in [0.05, 0.1) is 15.0 Å². The summed E-state index contributed by atoms with van der Waals surface area (Å²) in [5, 5.41) is -0.296. The third kappa shape index (κ3) is 6.30. The minimum Gasteiger partial charge on any atom is -0.492 e. The second-order valence-electron chi connectivity index (χ2n) is 7.08. The maximum atomic E-state index is 12.9. The molecule has 33 heavy (non-hydrogen) atoms. The summed E-state index contributed by atoms with van der Waals surface area (Å²) in [5.74, 6) is 1.08. The van der Waals surface area contributed by atoms with Crippen molar-refractivity contribution in [3.63, 3.8) is 0 Å². The number of rotatable bonds is 8. The van der Waals surface area contributed by atoms with Crippen molar-refractivity contribution in [1.29, 1.82) is 0 Å². The van der Waals surface area contributed by atoms with E-state index in [0.717, 1.165) is 30.0 Å². The van der Waals surface area contributed by atoms with Crippen LogP contribution in [-0.4, -0.2) is 29.2 Å². The van der Waals surface area contributed by atoms with Crippen LogP contribution in [0.25, 0.3) is 6.08 Å². The molecule has 168 valence electrons. The predicted octanol–water partition coefficient (Wildman–Crippen LogP) is 6.59. The Morgan fingerprint density at radius 3 is 2.33 bits per heavy atom. The van der Waals surface area contributed by atoms with E-state index in [9.17, 15) is 9.59 Å². The van der Waals surface area contributed by atoms with Gasteiger partial charge in [-0.2, -0.15) is 0 Å². The van der Waals surface area contributed by atoms with E-state index in [4.69, 9.17) is 9.47 Å². The Labute approximate surface area is 223 Å². The van der Waals surface area contributed by atoms with Crippen molar-refractivity contribution < 1.29 is 19.1 Å². The molecule has 0 saturated carbocycles. The molecular formula is C25H19I2NO4S. The third-order valence-corrected chi connectivity index (χ3v) is 7.08. The van der Waals surface area contributed by atoms with Crippen molar-refractivity contribution in [2.75, 3.05) is 13.2 Å². The van der Waals surface area contributed by atoms with Gasteiger partial charge < -0.3 is 9.47 Å². The topological polar surface area (TPSA) is 55.8 Å². The number of thioether (sulfide) groups is 1. The van der Waals surface area contributed by atoms with Gasteiger partial charge in [0, 0.05) is 9.13 Å². The zero-order chi connectivity index (χ0) is 23.2. The van der Waals surface area contributed by atoms with Crippen LogP contribution in [0.5, 0.6) is 11.5 Å². The van der Waals surface area contributed by atoms with E-state index < -0.39 is 0 Å². The Kier molecular flexibility index (Phi) is 8.31. The SMILES string of the molecule is O=C1S/C(=C\c2cc(I)cc(I)c2OCc2ccccc2)C(=O)N1CCOc1ccccc1. The van der Waals surface area contributed by atoms with Gasteiger partial charge in [-0.05, 0) is 92.8 Å². The summed E-state index contributed by atoms with van der Waals surface area (Å²) in [4.78, 5) is 27.0. The van der Waals surface area contributed by atoms with E-state index in [2.05, 4.69) is 45.2 Å². The summed E-state index contributed by atoms with van der Waals surface area (Å²) in [7, 11) is 0. The van der Waals surface area contributed by atoms with Crippen molar-refractivity contribution in [2.24, 2.45) is 0 Å². The highest BCUT2D eigenvalue weighted by molar-refractivity contribution is 14.1. The Bertz CT molecular complexity index is 1190. The van der Waals surface area contributed by atoms with Gasteiger partial charge in [0.2, 0.25) is 0 Å². The van der Waals surface area contributed by atoms with Crippen LogP contribution in [-0.2, 0) is 11.4 Å². The molecule has 8 heteroatoms. The molecule has 0 atom stereocenters. The van der Waals surface area contributed by atoms with E-state index in [-0.39, 0.29) is 24.3 Å². The van der Waals surface area contributed by atoms with Crippen LogP contribution >= 0.6 is 56.9 Å². The Morgan fingerprint density at radius 1 is 0.909 bits per heavy atom. The van der Waals surface area contributed by atoms with Crippen LogP contribution in [0.1, 0.15) is 11.1 Å². The van der Waals surface area contributed by atoms with Gasteiger partial charge in [-0.25, -0.2) is 0 Å². The smallest absolute Gasteiger partial charge is 0.293 e. The summed E-state index contributed by atoms with van der Waals surface area (Å²) in [5.41, 5.74) is 1.82. The van der Waals surface area contributed by atoms with Crippen LogP contribution in [0.4, 0.5) is 4.79 Å². The lowest BCUT2D eigenvalue weighted by Gasteiger charge is -2.14. The molecule has 0 aliphatic carbocycles. The molecule has 1 aliphatic heterocycles. The molecule has 3 aromatic rings. The fourth-order valence-electron chi connectivity index (χ4n) is 3.18. The monoisotopic (exact) mass is 683 g/mol. The van der Waals surface area contributed by atoms with Gasteiger partial charge in [-0.3, -0.25) is 14.5 Å². The lowest BCUT2D eigenvalue weighted by atomic mass is 10.1. The number of para-hydroxylation sites is 1. The van der Waals surface area contributed by atoms with E-state index in [1.807, 2.05) is 72.8 Å². The van der Waals surface area contributed by atoms with Gasteiger partial charge in [0.25, 0.3) is 11.1 Å². The van der Waals surface area contributed by atoms with Gasteiger partial charge in [-0.1, -0.05) is 48.5 Å². The molecule has 3 aromatic carbocycles. The van der Waals surface area contributed by atoms with Crippen LogP contribution in [0.2, 0.25) is 0 Å². The number of ether oxygens (including phenoxy) is 2. The molecular weight excluding hydrogens is 664 g/mol. The quantitative estimate of drug-likeness (QED) is 0.198. The van der Waals surface area contributed by atoms with E-state index in [1.165, 1.54) is 4.90 Å². The average Bonchev–Trinajstić information content (AvgIpc) is 3.07. The van der Waals surface area contributed by atoms with Crippen molar-refractivity contribution in [2.45, 2.75) is 6.61 Å². The van der Waals surface area contributed by atoms with Gasteiger partial charge in [-0.15, -0.1) is 0 Å². The van der Waals surface area contributed by atoms with Crippen LogP contribution in [0.3, 0.4) is 0 Å². The highest BCUT2D eigenvalue weighted by Crippen LogP contribution is 2.36. The standard InChI is InChI=1S/C25H19I2NO4S/c26-19-13-18(23(21(27)15-19)32-16-17-7-3-1-4-8-17)14-22-24(29)28(25(30)33-22)11-12-31-20-9-5-2-6-10-20/h1-10,13-15H,11-12,16H2/b22-14-. The molecule has 1 saturated heterocycles. The van der Waals surface area contributed by atoms with Crippen molar-refractivity contribution in [1.82, 2.24) is 4.90 Å². The number of amides is 2. The molecule has 0 bridgehead atoms. The zero-order valence-electron chi connectivity index (χ0n) is 17.4. The molecule has 0 N–H and O–H groups in total. The van der Waals surface area contributed by atoms with Gasteiger partial charge in [0.15, 0.2) is 0 Å². The highest BCUT2D eigenvalue weighted by Gasteiger charge is 2.35. The largest absolute Gasteiger partial charge is 0.492 e. The lowest BCUT2D eigenvalue weighted by molar-refractivity contribution is -0.123. The first-order valence-corrected chi connectivity index (χ1v) is 13.1. The number of hydrogen-bond acceptors (Lipinski definition) is 5. The fourth-order valence-corrected chi connectivity index (χ4v) is 6.08. The molecule has 0 spiro atoms. The van der Waals surface area contributed by atoms with Crippen molar-refractivity contribution in [3.05, 3.63) is 96.0 Å².